The molecule has 1 aliphatic rings. The molecule has 2 N–H and O–H groups in total. The van der Waals surface area contributed by atoms with Crippen molar-refractivity contribution in [3.63, 3.8) is 0 Å². The number of para-hydroxylation sites is 2. The topological polar surface area (TPSA) is 106 Å². The molecule has 3 heterocycles. The molecular formula is C22H19N3O5. The van der Waals surface area contributed by atoms with Crippen molar-refractivity contribution in [2.75, 3.05) is 19.0 Å². The molecule has 0 aliphatic carbocycles. The summed E-state index contributed by atoms with van der Waals surface area (Å²) in [6.45, 7) is 1.84. The van der Waals surface area contributed by atoms with Crippen molar-refractivity contribution in [3.8, 4) is 11.5 Å². The molecule has 0 atom stereocenters. The number of pyridine rings is 1. The van der Waals surface area contributed by atoms with Gasteiger partial charge >= 0.3 is 5.97 Å². The number of benzene rings is 1. The van der Waals surface area contributed by atoms with Crippen LogP contribution < -0.4 is 10.1 Å². The van der Waals surface area contributed by atoms with Gasteiger partial charge in [0.25, 0.3) is 0 Å². The van der Waals surface area contributed by atoms with Gasteiger partial charge in [0, 0.05) is 23.5 Å². The molecule has 1 aromatic carbocycles. The second-order valence-corrected chi connectivity index (χ2v) is 6.30. The minimum Gasteiger partial charge on any atom is -0.504 e. The molecule has 152 valence electrons. The highest BCUT2D eigenvalue weighted by atomic mass is 16.5. The summed E-state index contributed by atoms with van der Waals surface area (Å²) in [5.74, 6) is 0.225. The Morgan fingerprint density at radius 2 is 2.10 bits per heavy atom. The maximum absolute atomic E-state index is 12.5. The van der Waals surface area contributed by atoms with Crippen molar-refractivity contribution in [1.82, 2.24) is 4.98 Å². The monoisotopic (exact) mass is 405 g/mol. The van der Waals surface area contributed by atoms with Gasteiger partial charge in [-0.3, -0.25) is 0 Å². The van der Waals surface area contributed by atoms with E-state index in [0.717, 1.165) is 5.56 Å². The van der Waals surface area contributed by atoms with Crippen molar-refractivity contribution in [3.05, 3.63) is 59.5 Å². The second-order valence-electron chi connectivity index (χ2n) is 6.30. The Morgan fingerprint density at radius 1 is 1.27 bits per heavy atom. The molecule has 2 aromatic heterocycles. The summed E-state index contributed by atoms with van der Waals surface area (Å²) in [5, 5.41) is 13.8. The number of esters is 1. The van der Waals surface area contributed by atoms with E-state index in [0.29, 0.717) is 22.8 Å². The van der Waals surface area contributed by atoms with Gasteiger partial charge in [-0.2, -0.15) is 0 Å². The van der Waals surface area contributed by atoms with Crippen LogP contribution in [0.2, 0.25) is 0 Å². The lowest BCUT2D eigenvalue weighted by molar-refractivity contribution is 0.0524. The molecule has 0 bridgehead atoms. The van der Waals surface area contributed by atoms with E-state index in [2.05, 4.69) is 15.3 Å². The maximum atomic E-state index is 12.5. The van der Waals surface area contributed by atoms with Crippen LogP contribution >= 0.6 is 0 Å². The minimum atomic E-state index is -0.706. The van der Waals surface area contributed by atoms with E-state index in [1.165, 1.54) is 7.11 Å². The smallest absolute Gasteiger partial charge is 0.347 e. The molecule has 3 aromatic rings. The average molecular weight is 405 g/mol. The molecule has 1 aliphatic heterocycles. The standard InChI is InChI=1S/C22H19N3O5/c1-3-29-22(27)18-19(26)17(11-13-12-24-20-14(13)7-6-10-23-20)30-21(18)25-15-8-4-5-9-16(15)28-2/h4-12,25-26H,3H2,1-2H3. The third kappa shape index (κ3) is 3.50. The molecule has 0 saturated heterocycles. The molecule has 8 heteroatoms. The number of nitrogens with zero attached hydrogens (tertiary/aromatic N) is 2. The fourth-order valence-corrected chi connectivity index (χ4v) is 3.07. The van der Waals surface area contributed by atoms with Crippen LogP contribution in [0.1, 0.15) is 28.6 Å². The van der Waals surface area contributed by atoms with Gasteiger partial charge in [-0.05, 0) is 37.3 Å². The van der Waals surface area contributed by atoms with E-state index in [-0.39, 0.29) is 29.6 Å². The zero-order chi connectivity index (χ0) is 21.1. The third-order valence-corrected chi connectivity index (χ3v) is 4.45. The first-order chi connectivity index (χ1) is 14.6. The highest BCUT2D eigenvalue weighted by Gasteiger charge is 2.27. The lowest BCUT2D eigenvalue weighted by Crippen LogP contribution is -2.06. The Bertz CT molecular complexity index is 1160. The normalized spacial score (nSPS) is 13.3. The number of furan rings is 1. The molecular weight excluding hydrogens is 386 g/mol. The van der Waals surface area contributed by atoms with E-state index in [9.17, 15) is 9.90 Å². The molecule has 4 rings (SSSR count). The van der Waals surface area contributed by atoms with Crippen LogP contribution in [0.3, 0.4) is 0 Å². The maximum Gasteiger partial charge on any atom is 0.347 e. The van der Waals surface area contributed by atoms with Gasteiger partial charge in [0.2, 0.25) is 5.88 Å². The number of nitrogens with one attached hydrogen (secondary N) is 1. The van der Waals surface area contributed by atoms with Crippen LogP contribution in [0.4, 0.5) is 17.4 Å². The summed E-state index contributed by atoms with van der Waals surface area (Å²) in [5.41, 5.74) is 1.96. The van der Waals surface area contributed by atoms with Crippen LogP contribution in [0.25, 0.3) is 11.6 Å². The number of rotatable bonds is 6. The Kier molecular flexibility index (Phi) is 5.21. The second kappa shape index (κ2) is 8.12. The predicted octanol–water partition coefficient (Wildman–Crippen LogP) is 4.57. The first-order valence-corrected chi connectivity index (χ1v) is 9.26. The van der Waals surface area contributed by atoms with E-state index >= 15 is 0 Å². The number of allylic oxidation sites excluding steroid dienone is 1. The number of aliphatic imine (C=N–C) groups is 1. The number of carbonyl (C=O) groups excluding carboxylic acids is 1. The van der Waals surface area contributed by atoms with Gasteiger partial charge < -0.3 is 24.3 Å². The predicted molar refractivity (Wildman–Crippen MR) is 113 cm³/mol. The van der Waals surface area contributed by atoms with Gasteiger partial charge in [-0.1, -0.05) is 12.1 Å². The van der Waals surface area contributed by atoms with Gasteiger partial charge in [-0.25, -0.2) is 14.8 Å². The number of methoxy groups -OCH3 is 1. The Hall–Kier alpha value is -4.07. The molecule has 0 unspecified atom stereocenters. The molecule has 8 nitrogen and oxygen atoms in total. The van der Waals surface area contributed by atoms with Gasteiger partial charge in [0.15, 0.2) is 22.9 Å². The average Bonchev–Trinajstić information content (AvgIpc) is 3.30. The van der Waals surface area contributed by atoms with Crippen LogP contribution in [0.5, 0.6) is 11.5 Å². The van der Waals surface area contributed by atoms with Crippen LogP contribution in [-0.2, 0) is 4.74 Å². The quantitative estimate of drug-likeness (QED) is 0.579. The Balaban J connectivity index is 1.78. The number of aromatic hydroxyl groups is 1. The summed E-state index contributed by atoms with van der Waals surface area (Å²) in [6.07, 6.45) is 4.87. The van der Waals surface area contributed by atoms with Gasteiger partial charge in [0.1, 0.15) is 5.75 Å². The Morgan fingerprint density at radius 3 is 2.90 bits per heavy atom. The number of anilines is 2. The molecule has 0 saturated carbocycles. The highest BCUT2D eigenvalue weighted by molar-refractivity contribution is 6.21. The van der Waals surface area contributed by atoms with Crippen molar-refractivity contribution in [2.45, 2.75) is 6.92 Å². The van der Waals surface area contributed by atoms with Gasteiger partial charge in [-0.15, -0.1) is 0 Å². The largest absolute Gasteiger partial charge is 0.504 e. The molecule has 0 spiro atoms. The number of aromatic nitrogens is 1. The molecule has 30 heavy (non-hydrogen) atoms. The van der Waals surface area contributed by atoms with Gasteiger partial charge in [0.05, 0.1) is 19.4 Å². The number of hydrogen-bond donors (Lipinski definition) is 2. The highest BCUT2D eigenvalue weighted by Crippen LogP contribution is 2.40. The SMILES string of the molecule is CCOC(=O)c1c(Nc2ccccc2OC)oc(C=C2C=Nc3ncccc32)c1O. The van der Waals surface area contributed by atoms with Crippen LogP contribution in [0, 0.1) is 0 Å². The first-order valence-electron chi connectivity index (χ1n) is 9.26. The lowest BCUT2D eigenvalue weighted by atomic mass is 10.1. The molecule has 0 fully saturated rings. The van der Waals surface area contributed by atoms with Crippen molar-refractivity contribution in [1.29, 1.82) is 0 Å². The van der Waals surface area contributed by atoms with Crippen molar-refractivity contribution in [2.24, 2.45) is 4.99 Å². The van der Waals surface area contributed by atoms with E-state index < -0.39 is 5.97 Å². The lowest BCUT2D eigenvalue weighted by Gasteiger charge is -2.10. The minimum absolute atomic E-state index is 0.0450. The van der Waals surface area contributed by atoms with Crippen molar-refractivity contribution >= 4 is 41.2 Å². The summed E-state index contributed by atoms with van der Waals surface area (Å²) in [6, 6.07) is 10.8. The zero-order valence-corrected chi connectivity index (χ0v) is 16.4. The first kappa shape index (κ1) is 19.3. The summed E-state index contributed by atoms with van der Waals surface area (Å²) < 4.78 is 16.2. The molecule has 0 amide bonds. The van der Waals surface area contributed by atoms with E-state index in [1.54, 1.807) is 49.7 Å². The zero-order valence-electron chi connectivity index (χ0n) is 16.4. The fourth-order valence-electron chi connectivity index (χ4n) is 3.07. The molecule has 0 radical (unpaired) electrons. The fraction of sp³-hybridized carbons (Fsp3) is 0.136. The third-order valence-electron chi connectivity index (χ3n) is 4.45. The number of carbonyl (C=O) groups is 1. The number of ether oxygens (including phenoxy) is 2. The van der Waals surface area contributed by atoms with Crippen LogP contribution in [-0.4, -0.2) is 36.0 Å². The number of hydrogen-bond acceptors (Lipinski definition) is 8. The number of fused-ring (bicyclic) bond motifs is 1. The van der Waals surface area contributed by atoms with Crippen molar-refractivity contribution < 1.29 is 23.8 Å². The van der Waals surface area contributed by atoms with E-state index in [1.807, 2.05) is 12.1 Å². The summed E-state index contributed by atoms with van der Waals surface area (Å²) in [7, 11) is 1.53. The summed E-state index contributed by atoms with van der Waals surface area (Å²) in [4.78, 5) is 20.9. The Labute approximate surface area is 172 Å². The van der Waals surface area contributed by atoms with Crippen LogP contribution in [0.15, 0.2) is 52.0 Å². The van der Waals surface area contributed by atoms with E-state index in [4.69, 9.17) is 13.9 Å². The summed E-state index contributed by atoms with van der Waals surface area (Å²) >= 11 is 0.